The number of carbonyl (C=O) groups is 2. The van der Waals surface area contributed by atoms with Gasteiger partial charge in [0.25, 0.3) is 0 Å². The average molecular weight is 333 g/mol. The second-order valence-corrected chi connectivity index (χ2v) is 5.39. The SMILES string of the molecule is C=CC[C@]1(COC(C)=O)C=C[C@H](n2ccc(NC(C)=O)nc2=O)O1. The van der Waals surface area contributed by atoms with Crippen molar-refractivity contribution in [3.63, 3.8) is 0 Å². The molecule has 1 amide bonds. The maximum atomic E-state index is 12.1. The number of esters is 1. The highest BCUT2D eigenvalue weighted by atomic mass is 16.6. The third kappa shape index (κ3) is 4.17. The number of ether oxygens (including phenoxy) is 2. The molecule has 1 aromatic heterocycles. The minimum atomic E-state index is -0.867. The van der Waals surface area contributed by atoms with Gasteiger partial charge in [0.1, 0.15) is 18.0 Å². The van der Waals surface area contributed by atoms with Crippen LogP contribution in [0.4, 0.5) is 5.82 Å². The molecule has 8 heteroatoms. The monoisotopic (exact) mass is 333 g/mol. The van der Waals surface area contributed by atoms with Crippen molar-refractivity contribution in [2.75, 3.05) is 11.9 Å². The quantitative estimate of drug-likeness (QED) is 0.619. The Morgan fingerprint density at radius 2 is 2.29 bits per heavy atom. The molecule has 1 aliphatic rings. The number of hydrogen-bond acceptors (Lipinski definition) is 6. The van der Waals surface area contributed by atoms with Crippen LogP contribution in [0.25, 0.3) is 0 Å². The van der Waals surface area contributed by atoms with Crippen LogP contribution in [-0.4, -0.2) is 33.6 Å². The Balaban J connectivity index is 2.18. The first kappa shape index (κ1) is 17.6. The maximum Gasteiger partial charge on any atom is 0.351 e. The van der Waals surface area contributed by atoms with Crippen LogP contribution in [0.1, 0.15) is 26.5 Å². The zero-order valence-electron chi connectivity index (χ0n) is 13.5. The molecule has 1 N–H and O–H groups in total. The van der Waals surface area contributed by atoms with Crippen LogP contribution < -0.4 is 11.0 Å². The summed E-state index contributed by atoms with van der Waals surface area (Å²) < 4.78 is 12.2. The van der Waals surface area contributed by atoms with Gasteiger partial charge >= 0.3 is 11.7 Å². The molecule has 0 spiro atoms. The van der Waals surface area contributed by atoms with Gasteiger partial charge in [0.05, 0.1) is 0 Å². The smallest absolute Gasteiger partial charge is 0.351 e. The van der Waals surface area contributed by atoms with Crippen molar-refractivity contribution in [2.45, 2.75) is 32.1 Å². The molecule has 0 saturated carbocycles. The fourth-order valence-corrected chi connectivity index (χ4v) is 2.31. The highest BCUT2D eigenvalue weighted by Gasteiger charge is 2.37. The van der Waals surface area contributed by atoms with Crippen LogP contribution in [-0.2, 0) is 19.1 Å². The van der Waals surface area contributed by atoms with Gasteiger partial charge in [-0.25, -0.2) is 4.79 Å². The van der Waals surface area contributed by atoms with Crippen LogP contribution in [0.3, 0.4) is 0 Å². The van der Waals surface area contributed by atoms with E-state index in [1.165, 1.54) is 30.7 Å². The third-order valence-electron chi connectivity index (χ3n) is 3.34. The highest BCUT2D eigenvalue weighted by Crippen LogP contribution is 2.32. The lowest BCUT2D eigenvalue weighted by Crippen LogP contribution is -2.36. The van der Waals surface area contributed by atoms with E-state index in [2.05, 4.69) is 16.9 Å². The van der Waals surface area contributed by atoms with Gasteiger partial charge < -0.3 is 14.8 Å². The summed E-state index contributed by atoms with van der Waals surface area (Å²) >= 11 is 0. The van der Waals surface area contributed by atoms with Crippen molar-refractivity contribution in [1.82, 2.24) is 9.55 Å². The first-order valence-corrected chi connectivity index (χ1v) is 7.33. The molecular formula is C16H19N3O5. The normalized spacial score (nSPS) is 22.2. The predicted octanol–water partition coefficient (Wildman–Crippen LogP) is 1.16. The molecule has 24 heavy (non-hydrogen) atoms. The van der Waals surface area contributed by atoms with Crippen LogP contribution in [0.2, 0.25) is 0 Å². The summed E-state index contributed by atoms with van der Waals surface area (Å²) in [5, 5.41) is 2.44. The van der Waals surface area contributed by atoms with Crippen molar-refractivity contribution in [3.05, 3.63) is 47.6 Å². The van der Waals surface area contributed by atoms with Gasteiger partial charge in [-0.15, -0.1) is 6.58 Å². The Hall–Kier alpha value is -2.74. The van der Waals surface area contributed by atoms with E-state index in [9.17, 15) is 14.4 Å². The van der Waals surface area contributed by atoms with E-state index in [0.717, 1.165) is 0 Å². The summed E-state index contributed by atoms with van der Waals surface area (Å²) in [6.45, 7) is 6.34. The van der Waals surface area contributed by atoms with Crippen LogP contribution >= 0.6 is 0 Å². The minimum absolute atomic E-state index is 0.0213. The van der Waals surface area contributed by atoms with Crippen LogP contribution in [0, 0.1) is 0 Å². The fourth-order valence-electron chi connectivity index (χ4n) is 2.31. The van der Waals surface area contributed by atoms with Crippen molar-refractivity contribution in [2.24, 2.45) is 0 Å². The number of amides is 1. The lowest BCUT2D eigenvalue weighted by Gasteiger charge is -2.27. The van der Waals surface area contributed by atoms with E-state index in [1.807, 2.05) is 0 Å². The van der Waals surface area contributed by atoms with Crippen molar-refractivity contribution < 1.29 is 19.1 Å². The van der Waals surface area contributed by atoms with Gasteiger partial charge in [0.2, 0.25) is 5.91 Å². The standard InChI is InChI=1S/C16H19N3O5/c1-4-7-16(10-23-12(3)21)8-5-14(24-16)19-9-6-13(17-11(2)20)18-15(19)22/h4-6,8-9,14H,1,7,10H2,2-3H3,(H,17,18,20,22)/t14-,16-/m1/s1. The largest absolute Gasteiger partial charge is 0.462 e. The van der Waals surface area contributed by atoms with Crippen molar-refractivity contribution in [3.8, 4) is 0 Å². The lowest BCUT2D eigenvalue weighted by molar-refractivity contribution is -0.152. The third-order valence-corrected chi connectivity index (χ3v) is 3.34. The number of nitrogens with one attached hydrogen (secondary N) is 1. The summed E-state index contributed by atoms with van der Waals surface area (Å²) in [4.78, 5) is 38.0. The van der Waals surface area contributed by atoms with Gasteiger partial charge in [0, 0.05) is 26.5 Å². The molecule has 1 aliphatic heterocycles. The minimum Gasteiger partial charge on any atom is -0.462 e. The summed E-state index contributed by atoms with van der Waals surface area (Å²) in [7, 11) is 0. The summed E-state index contributed by atoms with van der Waals surface area (Å²) in [5.41, 5.74) is -1.44. The van der Waals surface area contributed by atoms with Gasteiger partial charge in [-0.2, -0.15) is 4.98 Å². The topological polar surface area (TPSA) is 99.5 Å². The predicted molar refractivity (Wildman–Crippen MR) is 86.2 cm³/mol. The van der Waals surface area contributed by atoms with Gasteiger partial charge in [0.15, 0.2) is 6.23 Å². The molecule has 2 heterocycles. The molecule has 128 valence electrons. The molecule has 0 aromatic carbocycles. The van der Waals surface area contributed by atoms with Crippen LogP contribution in [0.15, 0.2) is 41.9 Å². The molecular weight excluding hydrogens is 314 g/mol. The first-order valence-electron chi connectivity index (χ1n) is 7.33. The number of anilines is 1. The van der Waals surface area contributed by atoms with E-state index in [4.69, 9.17) is 9.47 Å². The van der Waals surface area contributed by atoms with E-state index >= 15 is 0 Å². The Labute approximate surface area is 138 Å². The number of rotatable bonds is 6. The summed E-state index contributed by atoms with van der Waals surface area (Å²) in [6.07, 6.45) is 6.29. The Kier molecular flexibility index (Phi) is 5.30. The Morgan fingerprint density at radius 3 is 2.88 bits per heavy atom. The molecule has 0 aliphatic carbocycles. The molecule has 2 rings (SSSR count). The van der Waals surface area contributed by atoms with Crippen molar-refractivity contribution >= 4 is 17.7 Å². The maximum absolute atomic E-state index is 12.1. The number of aromatic nitrogens is 2. The van der Waals surface area contributed by atoms with Gasteiger partial charge in [-0.05, 0) is 18.2 Å². The second-order valence-electron chi connectivity index (χ2n) is 5.39. The fraction of sp³-hybridized carbons (Fsp3) is 0.375. The summed E-state index contributed by atoms with van der Waals surface area (Å²) in [6, 6.07) is 1.50. The number of hydrogen-bond donors (Lipinski definition) is 1. The second kappa shape index (κ2) is 7.22. The van der Waals surface area contributed by atoms with Gasteiger partial charge in [-0.1, -0.05) is 6.08 Å². The Morgan fingerprint density at radius 1 is 1.54 bits per heavy atom. The number of nitrogens with zero attached hydrogens (tertiary/aromatic N) is 2. The molecule has 8 nitrogen and oxygen atoms in total. The zero-order chi connectivity index (χ0) is 17.7. The molecule has 1 aromatic rings. The van der Waals surface area contributed by atoms with E-state index in [-0.39, 0.29) is 18.3 Å². The molecule has 2 atom stereocenters. The Bertz CT molecular complexity index is 739. The molecule has 0 unspecified atom stereocenters. The van der Waals surface area contributed by atoms with E-state index in [1.54, 1.807) is 18.2 Å². The zero-order valence-corrected chi connectivity index (χ0v) is 13.5. The first-order chi connectivity index (χ1) is 11.3. The summed E-state index contributed by atoms with van der Waals surface area (Å²) in [5.74, 6) is -0.566. The molecule has 0 radical (unpaired) electrons. The van der Waals surface area contributed by atoms with E-state index < -0.39 is 23.5 Å². The van der Waals surface area contributed by atoms with E-state index in [0.29, 0.717) is 6.42 Å². The molecule has 0 fully saturated rings. The average Bonchev–Trinajstić information content (AvgIpc) is 2.89. The molecule has 0 saturated heterocycles. The highest BCUT2D eigenvalue weighted by molar-refractivity contribution is 5.87. The van der Waals surface area contributed by atoms with Crippen molar-refractivity contribution in [1.29, 1.82) is 0 Å². The number of carbonyl (C=O) groups excluding carboxylic acids is 2. The molecule has 0 bridgehead atoms. The van der Waals surface area contributed by atoms with Gasteiger partial charge in [-0.3, -0.25) is 14.2 Å². The van der Waals surface area contributed by atoms with Crippen LogP contribution in [0.5, 0.6) is 0 Å². The lowest BCUT2D eigenvalue weighted by atomic mass is 10.0.